The van der Waals surface area contributed by atoms with Crippen LogP contribution in [0.3, 0.4) is 0 Å². The van der Waals surface area contributed by atoms with Crippen molar-refractivity contribution in [2.45, 2.75) is 26.2 Å². The molecule has 0 bridgehead atoms. The van der Waals surface area contributed by atoms with Crippen molar-refractivity contribution >= 4 is 11.6 Å². The van der Waals surface area contributed by atoms with Crippen LogP contribution in [0.4, 0.5) is 5.69 Å². The third kappa shape index (κ3) is 3.81. The van der Waals surface area contributed by atoms with Crippen molar-refractivity contribution in [1.29, 1.82) is 0 Å². The van der Waals surface area contributed by atoms with Crippen molar-refractivity contribution in [2.75, 3.05) is 31.6 Å². The third-order valence-corrected chi connectivity index (χ3v) is 4.43. The smallest absolute Gasteiger partial charge is 0.238 e. The van der Waals surface area contributed by atoms with Crippen LogP contribution in [0.2, 0.25) is 0 Å². The molecule has 0 unspecified atom stereocenters. The number of carbonyl (C=O) groups is 1. The average molecular weight is 276 g/mol. The normalized spacial score (nSPS) is 18.7. The summed E-state index contributed by atoms with van der Waals surface area (Å²) in [5.41, 5.74) is 0.916. The number of benzene rings is 1. The number of anilines is 1. The number of carbonyl (C=O) groups excluding carboxylic acids is 1. The molecule has 0 atom stereocenters. The van der Waals surface area contributed by atoms with Gasteiger partial charge in [-0.3, -0.25) is 9.69 Å². The minimum absolute atomic E-state index is 0.0317. The lowest BCUT2D eigenvalue weighted by molar-refractivity contribution is -0.118. The number of hydrogen-bond donors (Lipinski definition) is 2. The van der Waals surface area contributed by atoms with Crippen molar-refractivity contribution in [3.05, 3.63) is 30.3 Å². The molecule has 1 aromatic rings. The number of nitrogens with zero attached hydrogens (tertiary/aromatic N) is 1. The summed E-state index contributed by atoms with van der Waals surface area (Å²) in [6.07, 6.45) is 2.95. The zero-order valence-electron chi connectivity index (χ0n) is 12.1. The van der Waals surface area contributed by atoms with Gasteiger partial charge in [-0.2, -0.15) is 0 Å². The average Bonchev–Trinajstić information content (AvgIpc) is 2.49. The van der Waals surface area contributed by atoms with Crippen LogP contribution < -0.4 is 5.32 Å². The Bertz CT molecular complexity index is 419. The molecule has 1 aliphatic heterocycles. The fraction of sp³-hybridized carbons (Fsp3) is 0.562. The molecule has 1 saturated heterocycles. The summed E-state index contributed by atoms with van der Waals surface area (Å²) in [5, 5.41) is 12.4. The summed E-state index contributed by atoms with van der Waals surface area (Å²) < 4.78 is 0. The number of nitrogens with one attached hydrogen (secondary N) is 1. The van der Waals surface area contributed by atoms with Crippen LogP contribution in [0.25, 0.3) is 0 Å². The lowest BCUT2D eigenvalue weighted by atomic mass is 9.77. The largest absolute Gasteiger partial charge is 0.396 e. The molecular weight excluding hydrogens is 252 g/mol. The van der Waals surface area contributed by atoms with Gasteiger partial charge in [-0.1, -0.05) is 25.1 Å². The van der Waals surface area contributed by atoms with Gasteiger partial charge in [-0.25, -0.2) is 0 Å². The van der Waals surface area contributed by atoms with Crippen LogP contribution in [0, 0.1) is 5.41 Å². The molecule has 4 heteroatoms. The maximum absolute atomic E-state index is 12.0. The Morgan fingerprint density at radius 1 is 1.30 bits per heavy atom. The molecule has 0 aliphatic carbocycles. The van der Waals surface area contributed by atoms with Crippen LogP contribution in [0.15, 0.2) is 30.3 Å². The highest BCUT2D eigenvalue weighted by atomic mass is 16.3. The number of piperidine rings is 1. The predicted molar refractivity (Wildman–Crippen MR) is 80.6 cm³/mol. The standard InChI is InChI=1S/C16H24N2O2/c1-2-16(13-19)8-10-18(11-9-16)12-15(20)17-14-6-4-3-5-7-14/h3-7,19H,2,8-13H2,1H3,(H,17,20). The van der Waals surface area contributed by atoms with Gasteiger partial charge in [0, 0.05) is 12.3 Å². The second-order valence-electron chi connectivity index (χ2n) is 5.70. The van der Waals surface area contributed by atoms with Crippen LogP contribution in [0.1, 0.15) is 26.2 Å². The number of para-hydroxylation sites is 1. The minimum Gasteiger partial charge on any atom is -0.396 e. The fourth-order valence-corrected chi connectivity index (χ4v) is 2.73. The number of aliphatic hydroxyl groups excluding tert-OH is 1. The van der Waals surface area contributed by atoms with E-state index in [4.69, 9.17) is 0 Å². The van der Waals surface area contributed by atoms with Gasteiger partial charge in [0.05, 0.1) is 6.54 Å². The summed E-state index contributed by atoms with van der Waals surface area (Å²) in [6.45, 7) is 4.59. The molecule has 0 radical (unpaired) electrons. The maximum atomic E-state index is 12.0. The third-order valence-electron chi connectivity index (χ3n) is 4.43. The first kappa shape index (κ1) is 15.0. The minimum atomic E-state index is 0.0317. The van der Waals surface area contributed by atoms with Crippen molar-refractivity contribution in [2.24, 2.45) is 5.41 Å². The highest BCUT2D eigenvalue weighted by Crippen LogP contribution is 2.33. The molecule has 1 heterocycles. The Kier molecular flexibility index (Phi) is 5.15. The molecular formula is C16H24N2O2. The number of likely N-dealkylation sites (tertiary alicyclic amines) is 1. The van der Waals surface area contributed by atoms with Crippen LogP contribution in [0.5, 0.6) is 0 Å². The van der Waals surface area contributed by atoms with Gasteiger partial charge in [0.15, 0.2) is 0 Å². The van der Waals surface area contributed by atoms with E-state index in [0.717, 1.165) is 38.0 Å². The van der Waals surface area contributed by atoms with Crippen LogP contribution in [-0.4, -0.2) is 42.2 Å². The van der Waals surface area contributed by atoms with Gasteiger partial charge in [0.2, 0.25) is 5.91 Å². The molecule has 1 aromatic carbocycles. The van der Waals surface area contributed by atoms with E-state index in [1.54, 1.807) is 0 Å². The lowest BCUT2D eigenvalue weighted by Crippen LogP contribution is -2.44. The summed E-state index contributed by atoms with van der Waals surface area (Å²) in [5.74, 6) is 0.0317. The summed E-state index contributed by atoms with van der Waals surface area (Å²) >= 11 is 0. The van der Waals surface area contributed by atoms with Crippen LogP contribution in [-0.2, 0) is 4.79 Å². The Morgan fingerprint density at radius 2 is 1.95 bits per heavy atom. The predicted octanol–water partition coefficient (Wildman–Crippen LogP) is 2.11. The van der Waals surface area contributed by atoms with E-state index >= 15 is 0 Å². The first-order valence-corrected chi connectivity index (χ1v) is 7.35. The Balaban J connectivity index is 1.79. The van der Waals surface area contributed by atoms with Crippen molar-refractivity contribution in [3.63, 3.8) is 0 Å². The van der Waals surface area contributed by atoms with Gasteiger partial charge in [-0.15, -0.1) is 0 Å². The lowest BCUT2D eigenvalue weighted by Gasteiger charge is -2.39. The first-order chi connectivity index (χ1) is 9.67. The zero-order chi connectivity index (χ0) is 14.4. The van der Waals surface area contributed by atoms with Gasteiger partial charge >= 0.3 is 0 Å². The van der Waals surface area contributed by atoms with E-state index in [1.165, 1.54) is 0 Å². The van der Waals surface area contributed by atoms with Gasteiger partial charge in [-0.05, 0) is 49.9 Å². The Labute approximate surface area is 120 Å². The van der Waals surface area contributed by atoms with Crippen molar-refractivity contribution in [1.82, 2.24) is 4.90 Å². The fourth-order valence-electron chi connectivity index (χ4n) is 2.73. The van der Waals surface area contributed by atoms with E-state index in [2.05, 4.69) is 17.1 Å². The van der Waals surface area contributed by atoms with E-state index in [1.807, 2.05) is 30.3 Å². The van der Waals surface area contributed by atoms with E-state index < -0.39 is 0 Å². The molecule has 20 heavy (non-hydrogen) atoms. The first-order valence-electron chi connectivity index (χ1n) is 7.35. The molecule has 0 aromatic heterocycles. The van der Waals surface area contributed by atoms with Gasteiger partial charge in [0.25, 0.3) is 0 Å². The molecule has 0 spiro atoms. The molecule has 2 rings (SSSR count). The number of aliphatic hydroxyl groups is 1. The Hall–Kier alpha value is -1.39. The number of hydrogen-bond acceptors (Lipinski definition) is 3. The summed E-state index contributed by atoms with van der Waals surface area (Å²) in [7, 11) is 0. The van der Waals surface area contributed by atoms with Crippen molar-refractivity contribution < 1.29 is 9.90 Å². The van der Waals surface area contributed by atoms with E-state index in [-0.39, 0.29) is 17.9 Å². The van der Waals surface area contributed by atoms with Gasteiger partial charge < -0.3 is 10.4 Å². The summed E-state index contributed by atoms with van der Waals surface area (Å²) in [6, 6.07) is 9.53. The topological polar surface area (TPSA) is 52.6 Å². The van der Waals surface area contributed by atoms with E-state index in [9.17, 15) is 9.90 Å². The molecule has 2 N–H and O–H groups in total. The molecule has 1 amide bonds. The molecule has 0 saturated carbocycles. The monoisotopic (exact) mass is 276 g/mol. The highest BCUT2D eigenvalue weighted by molar-refractivity contribution is 5.92. The number of amides is 1. The molecule has 1 fully saturated rings. The molecule has 1 aliphatic rings. The number of rotatable bonds is 5. The van der Waals surface area contributed by atoms with Gasteiger partial charge in [0.1, 0.15) is 0 Å². The Morgan fingerprint density at radius 3 is 2.50 bits per heavy atom. The van der Waals surface area contributed by atoms with Crippen LogP contribution >= 0.6 is 0 Å². The van der Waals surface area contributed by atoms with Crippen molar-refractivity contribution in [3.8, 4) is 0 Å². The highest BCUT2D eigenvalue weighted by Gasteiger charge is 2.32. The quantitative estimate of drug-likeness (QED) is 0.866. The second-order valence-corrected chi connectivity index (χ2v) is 5.70. The SMILES string of the molecule is CCC1(CO)CCN(CC(=O)Nc2ccccc2)CC1. The maximum Gasteiger partial charge on any atom is 0.238 e. The second kappa shape index (κ2) is 6.86. The molecule has 110 valence electrons. The summed E-state index contributed by atoms with van der Waals surface area (Å²) in [4.78, 5) is 14.1. The van der Waals surface area contributed by atoms with E-state index in [0.29, 0.717) is 6.54 Å². The molecule has 4 nitrogen and oxygen atoms in total. The zero-order valence-corrected chi connectivity index (χ0v) is 12.1.